The average Bonchev–Trinajstić information content (AvgIpc) is 3.07. The quantitative estimate of drug-likeness (QED) is 0.589. The molecule has 0 aliphatic carbocycles. The molecule has 4 N–H and O–H groups in total. The summed E-state index contributed by atoms with van der Waals surface area (Å²) in [5.41, 5.74) is 5.41. The minimum Gasteiger partial charge on any atom is -0.368 e. The predicted octanol–water partition coefficient (Wildman–Crippen LogP) is 0.0524. The van der Waals surface area contributed by atoms with Gasteiger partial charge < -0.3 is 21.3 Å². The molecule has 0 radical (unpaired) electrons. The van der Waals surface area contributed by atoms with Crippen molar-refractivity contribution in [2.24, 2.45) is 11.7 Å². The lowest BCUT2D eigenvalue weighted by Crippen LogP contribution is -2.57. The highest BCUT2D eigenvalue weighted by Gasteiger charge is 2.37. The summed E-state index contributed by atoms with van der Waals surface area (Å²) in [6, 6.07) is -1.91. The lowest BCUT2D eigenvalue weighted by Gasteiger charge is -2.30. The molecule has 2 aliphatic heterocycles. The van der Waals surface area contributed by atoms with E-state index in [9.17, 15) is 19.2 Å². The number of hydrogen-bond donors (Lipinski definition) is 3. The maximum atomic E-state index is 13.0. The molecule has 0 bridgehead atoms. The zero-order valence-corrected chi connectivity index (χ0v) is 15.6. The van der Waals surface area contributed by atoms with Gasteiger partial charge in [-0.2, -0.15) is 0 Å². The van der Waals surface area contributed by atoms with Gasteiger partial charge in [0.05, 0.1) is 0 Å². The van der Waals surface area contributed by atoms with Gasteiger partial charge in [0.1, 0.15) is 18.1 Å². The second kappa shape index (κ2) is 9.00. The minimum atomic E-state index is -0.705. The summed E-state index contributed by atoms with van der Waals surface area (Å²) in [5.74, 6) is -0.876. The van der Waals surface area contributed by atoms with Crippen LogP contribution in [-0.2, 0) is 19.2 Å². The van der Waals surface area contributed by atoms with Crippen molar-refractivity contribution < 1.29 is 19.2 Å². The van der Waals surface area contributed by atoms with Crippen LogP contribution in [0, 0.1) is 5.92 Å². The Morgan fingerprint density at radius 2 is 1.96 bits per heavy atom. The fraction of sp³-hybridized carbons (Fsp3) is 0.778. The fourth-order valence-corrected chi connectivity index (χ4v) is 3.56. The molecule has 2 saturated heterocycles. The van der Waals surface area contributed by atoms with Crippen LogP contribution in [0.15, 0.2) is 0 Å². The van der Waals surface area contributed by atoms with E-state index in [1.54, 1.807) is 0 Å². The molecule has 0 unspecified atom stereocenters. The first-order valence-electron chi connectivity index (χ1n) is 9.49. The molecule has 146 valence electrons. The van der Waals surface area contributed by atoms with Gasteiger partial charge in [-0.25, -0.2) is 0 Å². The summed E-state index contributed by atoms with van der Waals surface area (Å²) in [6.45, 7) is 4.57. The monoisotopic (exact) mass is 366 g/mol. The molecular formula is C18H30N4O4. The zero-order chi connectivity index (χ0) is 19.3. The molecule has 26 heavy (non-hydrogen) atoms. The molecule has 2 heterocycles. The van der Waals surface area contributed by atoms with Crippen molar-refractivity contribution in [3.05, 3.63) is 0 Å². The Labute approximate surface area is 154 Å². The Morgan fingerprint density at radius 3 is 2.58 bits per heavy atom. The molecule has 2 fully saturated rings. The summed E-state index contributed by atoms with van der Waals surface area (Å²) in [5, 5.41) is 5.47. The smallest absolute Gasteiger partial charge is 0.245 e. The van der Waals surface area contributed by atoms with Crippen molar-refractivity contribution in [1.29, 1.82) is 0 Å². The van der Waals surface area contributed by atoms with Crippen molar-refractivity contribution in [2.75, 3.05) is 6.54 Å². The van der Waals surface area contributed by atoms with E-state index in [1.807, 2.05) is 13.8 Å². The van der Waals surface area contributed by atoms with Gasteiger partial charge in [-0.3, -0.25) is 19.2 Å². The van der Waals surface area contributed by atoms with Crippen LogP contribution >= 0.6 is 0 Å². The number of carbonyl (C=O) groups is 4. The molecule has 2 rings (SSSR count). The molecule has 8 nitrogen and oxygen atoms in total. The van der Waals surface area contributed by atoms with Gasteiger partial charge in [0.2, 0.25) is 23.6 Å². The molecule has 4 amide bonds. The number of rotatable bonds is 7. The van der Waals surface area contributed by atoms with Crippen molar-refractivity contribution >= 4 is 23.6 Å². The first-order valence-corrected chi connectivity index (χ1v) is 9.49. The molecule has 3 atom stereocenters. The van der Waals surface area contributed by atoms with E-state index in [2.05, 4.69) is 10.6 Å². The van der Waals surface area contributed by atoms with Gasteiger partial charge in [-0.1, -0.05) is 13.8 Å². The Morgan fingerprint density at radius 1 is 1.23 bits per heavy atom. The number of piperidine rings is 1. The molecule has 0 saturated carbocycles. The zero-order valence-electron chi connectivity index (χ0n) is 15.6. The first kappa shape index (κ1) is 20.2. The molecule has 0 aromatic rings. The lowest BCUT2D eigenvalue weighted by molar-refractivity contribution is -0.141. The van der Waals surface area contributed by atoms with E-state index in [4.69, 9.17) is 5.73 Å². The van der Waals surface area contributed by atoms with Crippen molar-refractivity contribution in [3.8, 4) is 0 Å². The Hall–Kier alpha value is -2.12. The lowest BCUT2D eigenvalue weighted by atomic mass is 10.00. The number of nitrogens with two attached hydrogens (primary N) is 1. The second-order valence-electron chi connectivity index (χ2n) is 7.64. The third kappa shape index (κ3) is 5.19. The van der Waals surface area contributed by atoms with Crippen LogP contribution in [0.2, 0.25) is 0 Å². The predicted molar refractivity (Wildman–Crippen MR) is 95.7 cm³/mol. The highest BCUT2D eigenvalue weighted by molar-refractivity contribution is 5.94. The van der Waals surface area contributed by atoms with Gasteiger partial charge >= 0.3 is 0 Å². The van der Waals surface area contributed by atoms with E-state index >= 15 is 0 Å². The summed E-state index contributed by atoms with van der Waals surface area (Å²) in [4.78, 5) is 50.1. The van der Waals surface area contributed by atoms with Crippen LogP contribution in [0.4, 0.5) is 0 Å². The van der Waals surface area contributed by atoms with E-state index < -0.39 is 24.0 Å². The molecule has 8 heteroatoms. The Kier molecular flexibility index (Phi) is 6.99. The second-order valence-corrected chi connectivity index (χ2v) is 7.64. The SMILES string of the molecule is CC(C)CC[C@H](NC(=O)[C@@H]1CCCC(=O)N1)C(=O)N1CCC[C@H]1C(N)=O. The van der Waals surface area contributed by atoms with Crippen molar-refractivity contribution in [1.82, 2.24) is 15.5 Å². The fourth-order valence-electron chi connectivity index (χ4n) is 3.56. The first-order chi connectivity index (χ1) is 12.3. The Balaban J connectivity index is 2.06. The highest BCUT2D eigenvalue weighted by atomic mass is 16.2. The maximum absolute atomic E-state index is 13.0. The summed E-state index contributed by atoms with van der Waals surface area (Å²) < 4.78 is 0. The highest BCUT2D eigenvalue weighted by Crippen LogP contribution is 2.20. The topological polar surface area (TPSA) is 122 Å². The number of likely N-dealkylation sites (tertiary alicyclic amines) is 1. The average molecular weight is 366 g/mol. The maximum Gasteiger partial charge on any atom is 0.245 e. The molecule has 2 aliphatic rings. The van der Waals surface area contributed by atoms with Crippen LogP contribution in [0.25, 0.3) is 0 Å². The van der Waals surface area contributed by atoms with Gasteiger partial charge in [0.25, 0.3) is 0 Å². The largest absolute Gasteiger partial charge is 0.368 e. The van der Waals surface area contributed by atoms with E-state index in [-0.39, 0.29) is 17.7 Å². The number of nitrogens with one attached hydrogen (secondary N) is 2. The van der Waals surface area contributed by atoms with Gasteiger partial charge in [0.15, 0.2) is 0 Å². The third-order valence-electron chi connectivity index (χ3n) is 5.06. The number of primary amides is 1. The van der Waals surface area contributed by atoms with Crippen LogP contribution in [-0.4, -0.2) is 53.2 Å². The summed E-state index contributed by atoms with van der Waals surface area (Å²) >= 11 is 0. The van der Waals surface area contributed by atoms with Crippen LogP contribution < -0.4 is 16.4 Å². The van der Waals surface area contributed by atoms with E-state index in [0.717, 1.165) is 12.8 Å². The number of amides is 4. The summed E-state index contributed by atoms with van der Waals surface area (Å²) in [7, 11) is 0. The third-order valence-corrected chi connectivity index (χ3v) is 5.06. The normalized spacial score (nSPS) is 24.3. The van der Waals surface area contributed by atoms with Gasteiger partial charge in [-0.05, 0) is 44.4 Å². The molecule has 0 aromatic carbocycles. The number of hydrogen-bond acceptors (Lipinski definition) is 4. The number of carbonyl (C=O) groups excluding carboxylic acids is 4. The van der Waals surface area contributed by atoms with Crippen molar-refractivity contribution in [2.45, 2.75) is 76.9 Å². The van der Waals surface area contributed by atoms with Crippen LogP contribution in [0.1, 0.15) is 58.8 Å². The van der Waals surface area contributed by atoms with E-state index in [1.165, 1.54) is 4.90 Å². The van der Waals surface area contributed by atoms with E-state index in [0.29, 0.717) is 44.6 Å². The molecule has 0 spiro atoms. The standard InChI is InChI=1S/C18H30N4O4/c1-11(2)8-9-13(18(26)22-10-4-6-14(22)16(19)24)21-17(25)12-5-3-7-15(23)20-12/h11-14H,3-10H2,1-2H3,(H2,19,24)(H,20,23)(H,21,25)/t12-,13-,14-/m0/s1. The Bertz CT molecular complexity index is 563. The van der Waals surface area contributed by atoms with Crippen LogP contribution in [0.5, 0.6) is 0 Å². The molecular weight excluding hydrogens is 336 g/mol. The molecule has 0 aromatic heterocycles. The minimum absolute atomic E-state index is 0.144. The number of nitrogens with zero attached hydrogens (tertiary/aromatic N) is 1. The van der Waals surface area contributed by atoms with Crippen molar-refractivity contribution in [3.63, 3.8) is 0 Å². The van der Waals surface area contributed by atoms with Gasteiger partial charge in [-0.15, -0.1) is 0 Å². The van der Waals surface area contributed by atoms with Gasteiger partial charge in [0, 0.05) is 13.0 Å². The van der Waals surface area contributed by atoms with Crippen LogP contribution in [0.3, 0.4) is 0 Å². The summed E-state index contributed by atoms with van der Waals surface area (Å²) in [6.07, 6.45) is 4.19.